The highest BCUT2D eigenvalue weighted by molar-refractivity contribution is 7.13. The fourth-order valence-corrected chi connectivity index (χ4v) is 2.57. The second-order valence-electron chi connectivity index (χ2n) is 5.34. The van der Waals surface area contributed by atoms with Gasteiger partial charge in [-0.15, -0.1) is 11.3 Å². The van der Waals surface area contributed by atoms with Gasteiger partial charge in [0.05, 0.1) is 17.9 Å². The van der Waals surface area contributed by atoms with Crippen molar-refractivity contribution in [1.82, 2.24) is 20.6 Å². The summed E-state index contributed by atoms with van der Waals surface area (Å²) in [6.07, 6.45) is 2.24. The number of rotatable bonds is 10. The second kappa shape index (κ2) is 10.1. The molecule has 135 valence electrons. The number of carbonyl (C=O) groups is 2. The summed E-state index contributed by atoms with van der Waals surface area (Å²) >= 11 is 1.37. The average molecular weight is 374 g/mol. The van der Waals surface area contributed by atoms with E-state index in [0.29, 0.717) is 22.7 Å². The summed E-state index contributed by atoms with van der Waals surface area (Å²) in [7, 11) is 0.414. The van der Waals surface area contributed by atoms with E-state index >= 15 is 0 Å². The number of thiazole rings is 1. The van der Waals surface area contributed by atoms with Crippen LogP contribution in [0.2, 0.25) is 6.82 Å². The van der Waals surface area contributed by atoms with Crippen LogP contribution < -0.4 is 15.9 Å². The van der Waals surface area contributed by atoms with Crippen LogP contribution in [0.1, 0.15) is 12.6 Å². The summed E-state index contributed by atoms with van der Waals surface area (Å²) in [6.45, 7) is 3.40. The van der Waals surface area contributed by atoms with Crippen molar-refractivity contribution >= 4 is 43.7 Å². The van der Waals surface area contributed by atoms with E-state index in [2.05, 4.69) is 25.9 Å². The number of nitrogens with one attached hydrogen (secondary N) is 3. The van der Waals surface area contributed by atoms with Crippen molar-refractivity contribution in [1.29, 1.82) is 0 Å². The van der Waals surface area contributed by atoms with Crippen molar-refractivity contribution < 1.29 is 19.5 Å². The largest absolute Gasteiger partial charge is 0.436 e. The third-order valence-corrected chi connectivity index (χ3v) is 4.00. The third kappa shape index (κ3) is 6.32. The molecule has 2 rings (SSSR count). The molecule has 1 atom stereocenters. The zero-order chi connectivity index (χ0) is 18.9. The Hall–Kier alpha value is -2.11. The molecule has 0 saturated carbocycles. The van der Waals surface area contributed by atoms with Crippen LogP contribution in [0.15, 0.2) is 23.7 Å². The van der Waals surface area contributed by atoms with Crippen LogP contribution in [0, 0.1) is 0 Å². The quantitative estimate of drug-likeness (QED) is 0.262. The van der Waals surface area contributed by atoms with Gasteiger partial charge in [-0.3, -0.25) is 9.78 Å². The minimum Gasteiger partial charge on any atom is -0.436 e. The Morgan fingerprint density at radius 2 is 2.35 bits per heavy atom. The number of amides is 1. The van der Waals surface area contributed by atoms with Crippen molar-refractivity contribution in [2.75, 3.05) is 5.32 Å². The highest BCUT2D eigenvalue weighted by Crippen LogP contribution is 2.25. The fourth-order valence-electron chi connectivity index (χ4n) is 1.83. The Morgan fingerprint density at radius 1 is 1.54 bits per heavy atom. The lowest BCUT2D eigenvalue weighted by atomic mass is 9.92. The lowest BCUT2D eigenvalue weighted by molar-refractivity contribution is -0.117. The van der Waals surface area contributed by atoms with Gasteiger partial charge in [0.1, 0.15) is 17.4 Å². The molecule has 9 nitrogen and oxygen atoms in total. The first-order valence-electron chi connectivity index (χ1n) is 7.79. The van der Waals surface area contributed by atoms with E-state index in [9.17, 15) is 9.59 Å². The zero-order valence-corrected chi connectivity index (χ0v) is 15.1. The number of nitrogens with zero attached hydrogens (tertiary/aromatic N) is 2. The monoisotopic (exact) mass is 374 g/mol. The van der Waals surface area contributed by atoms with Crippen LogP contribution in [0.3, 0.4) is 0 Å². The van der Waals surface area contributed by atoms with Crippen molar-refractivity contribution in [3.05, 3.63) is 29.4 Å². The van der Waals surface area contributed by atoms with Crippen LogP contribution >= 0.6 is 11.3 Å². The van der Waals surface area contributed by atoms with E-state index in [4.69, 9.17) is 9.86 Å². The van der Waals surface area contributed by atoms with Gasteiger partial charge in [0, 0.05) is 17.1 Å². The lowest BCUT2D eigenvalue weighted by Crippen LogP contribution is -2.40. The number of anilines is 1. The van der Waals surface area contributed by atoms with Gasteiger partial charge in [-0.05, 0) is 25.9 Å². The first-order valence-corrected chi connectivity index (χ1v) is 8.67. The molecule has 0 saturated heterocycles. The minimum atomic E-state index is -0.757. The SMILES string of the molecule is CB(O)NOCc1ccc(-c2nc(NC(=O)[C@H](C)N[B]C=O)cs2)cn1. The number of aromatic nitrogens is 2. The molecule has 2 heterocycles. The molecule has 2 aromatic heterocycles. The molecule has 0 fully saturated rings. The Morgan fingerprint density at radius 3 is 3.00 bits per heavy atom. The van der Waals surface area contributed by atoms with Gasteiger partial charge in [-0.2, -0.15) is 0 Å². The van der Waals surface area contributed by atoms with Gasteiger partial charge >= 0.3 is 7.05 Å². The summed E-state index contributed by atoms with van der Waals surface area (Å²) in [6, 6.07) is 3.09. The average Bonchev–Trinajstić information content (AvgIpc) is 3.08. The van der Waals surface area contributed by atoms with Crippen LogP contribution in [0.25, 0.3) is 10.6 Å². The predicted octanol–water partition coefficient (Wildman–Crippen LogP) is 0.0626. The standard InChI is InChI=1S/C14H18B2N5O4S/c1-9(20-15-8-22)13(23)18-12-7-26-14(19-12)10-3-4-11(17-5-10)6-25-21-16(2)24/h3-5,7-9,20-21,24H,6H2,1-2H3,(H,18,23)/t9-/m0/s1. The molecule has 2 aromatic rings. The maximum absolute atomic E-state index is 12.0. The van der Waals surface area contributed by atoms with Gasteiger partial charge in [0.2, 0.25) is 5.91 Å². The number of hydrogen-bond acceptors (Lipinski definition) is 9. The highest BCUT2D eigenvalue weighted by atomic mass is 32.1. The molecule has 4 N–H and O–H groups in total. The number of pyridine rings is 1. The minimum absolute atomic E-state index is 0.215. The normalized spacial score (nSPS) is 11.7. The van der Waals surface area contributed by atoms with Crippen molar-refractivity contribution in [3.8, 4) is 10.6 Å². The maximum atomic E-state index is 12.0. The van der Waals surface area contributed by atoms with Crippen molar-refractivity contribution in [2.45, 2.75) is 26.4 Å². The van der Waals surface area contributed by atoms with E-state index in [1.807, 2.05) is 6.07 Å². The van der Waals surface area contributed by atoms with Crippen LogP contribution in [0.4, 0.5) is 5.82 Å². The third-order valence-electron chi connectivity index (χ3n) is 3.11. The Labute approximate surface area is 155 Å². The molecule has 1 radical (unpaired) electrons. The summed E-state index contributed by atoms with van der Waals surface area (Å²) in [5.41, 5.74) is 1.50. The molecule has 0 bridgehead atoms. The Balaban J connectivity index is 1.92. The highest BCUT2D eigenvalue weighted by Gasteiger charge is 2.14. The van der Waals surface area contributed by atoms with E-state index in [-0.39, 0.29) is 12.5 Å². The van der Waals surface area contributed by atoms with Crippen molar-refractivity contribution in [3.63, 3.8) is 0 Å². The van der Waals surface area contributed by atoms with Crippen LogP contribution in [-0.2, 0) is 21.0 Å². The van der Waals surface area contributed by atoms with Crippen LogP contribution in [0.5, 0.6) is 0 Å². The molecular weight excluding hydrogens is 356 g/mol. The van der Waals surface area contributed by atoms with E-state index in [1.54, 1.807) is 31.4 Å². The molecule has 0 unspecified atom stereocenters. The predicted molar refractivity (Wildman–Crippen MR) is 101 cm³/mol. The van der Waals surface area contributed by atoms with Gasteiger partial charge in [0.15, 0.2) is 0 Å². The molecule has 0 spiro atoms. The lowest BCUT2D eigenvalue weighted by Gasteiger charge is -2.10. The molecule has 0 aliphatic rings. The summed E-state index contributed by atoms with van der Waals surface area (Å²) in [5.74, 6) is 0.138. The van der Waals surface area contributed by atoms with E-state index in [0.717, 1.165) is 5.56 Å². The molecule has 0 aliphatic carbocycles. The van der Waals surface area contributed by atoms with E-state index < -0.39 is 13.1 Å². The summed E-state index contributed by atoms with van der Waals surface area (Å²) < 4.78 is 0. The molecule has 12 heteroatoms. The fraction of sp³-hybridized carbons (Fsp3) is 0.286. The van der Waals surface area contributed by atoms with Gasteiger partial charge in [-0.1, -0.05) is 0 Å². The molecule has 26 heavy (non-hydrogen) atoms. The van der Waals surface area contributed by atoms with Crippen molar-refractivity contribution in [2.24, 2.45) is 0 Å². The molecular formula is C14H18B2N5O4S. The maximum Gasteiger partial charge on any atom is 0.398 e. The zero-order valence-electron chi connectivity index (χ0n) is 14.3. The Bertz CT molecular complexity index is 728. The topological polar surface area (TPSA) is 125 Å². The smallest absolute Gasteiger partial charge is 0.398 e. The van der Waals surface area contributed by atoms with Crippen LogP contribution in [-0.4, -0.2) is 47.6 Å². The van der Waals surface area contributed by atoms with Gasteiger partial charge in [-0.25, -0.2) is 10.4 Å². The van der Waals surface area contributed by atoms with Gasteiger partial charge in [0.25, 0.3) is 7.41 Å². The molecule has 0 aliphatic heterocycles. The second-order valence-corrected chi connectivity index (χ2v) is 6.20. The molecule has 0 aromatic carbocycles. The summed E-state index contributed by atoms with van der Waals surface area (Å²) in [4.78, 5) is 35.9. The number of carbonyl (C=O) groups excluding carboxylic acids is 2. The molecule has 1 amide bonds. The first-order chi connectivity index (χ1) is 12.5. The summed E-state index contributed by atoms with van der Waals surface area (Å²) in [5, 5.41) is 19.2. The number of hydrogen-bond donors (Lipinski definition) is 4. The first kappa shape index (κ1) is 20.2. The van der Waals surface area contributed by atoms with Gasteiger partial charge < -0.3 is 25.2 Å². The Kier molecular flexibility index (Phi) is 7.88. The van der Waals surface area contributed by atoms with E-state index in [1.165, 1.54) is 18.8 Å².